The Kier molecular flexibility index (Phi) is 2.48. The second kappa shape index (κ2) is 3.86. The van der Waals surface area contributed by atoms with Gasteiger partial charge in [-0.2, -0.15) is 0 Å². The maximum atomic E-state index is 4.59. The minimum absolute atomic E-state index is 0.938. The molecule has 0 aliphatic heterocycles. The summed E-state index contributed by atoms with van der Waals surface area (Å²) in [6.07, 6.45) is 5.00. The zero-order valence-corrected chi connectivity index (χ0v) is 10.6. The average Bonchev–Trinajstić information content (AvgIpc) is 2.92. The SMILES string of the molecule is Cc1cn2c(CNCC3CC3)c(C)nc2s1. The van der Waals surface area contributed by atoms with Crippen LogP contribution in [0.1, 0.15) is 29.1 Å². The van der Waals surface area contributed by atoms with Gasteiger partial charge in [0.05, 0.1) is 11.4 Å². The first-order valence-corrected chi connectivity index (χ1v) is 6.70. The summed E-state index contributed by atoms with van der Waals surface area (Å²) in [7, 11) is 0. The van der Waals surface area contributed by atoms with E-state index in [4.69, 9.17) is 0 Å². The first-order chi connectivity index (χ1) is 7.74. The summed E-state index contributed by atoms with van der Waals surface area (Å²) < 4.78 is 2.23. The van der Waals surface area contributed by atoms with Crippen LogP contribution in [0, 0.1) is 19.8 Å². The number of nitrogens with one attached hydrogen (secondary N) is 1. The summed E-state index contributed by atoms with van der Waals surface area (Å²) in [4.78, 5) is 7.04. The van der Waals surface area contributed by atoms with E-state index < -0.39 is 0 Å². The van der Waals surface area contributed by atoms with Crippen molar-refractivity contribution in [3.05, 3.63) is 22.5 Å². The van der Waals surface area contributed by atoms with Crippen LogP contribution in [0.2, 0.25) is 0 Å². The fourth-order valence-corrected chi connectivity index (χ4v) is 2.93. The van der Waals surface area contributed by atoms with Crippen molar-refractivity contribution in [2.24, 2.45) is 5.92 Å². The van der Waals surface area contributed by atoms with E-state index in [9.17, 15) is 0 Å². The first-order valence-electron chi connectivity index (χ1n) is 5.88. The van der Waals surface area contributed by atoms with Crippen molar-refractivity contribution in [2.75, 3.05) is 6.54 Å². The average molecular weight is 235 g/mol. The van der Waals surface area contributed by atoms with Crippen LogP contribution in [0.5, 0.6) is 0 Å². The number of hydrogen-bond donors (Lipinski definition) is 1. The molecule has 86 valence electrons. The van der Waals surface area contributed by atoms with Gasteiger partial charge in [0.15, 0.2) is 4.96 Å². The molecule has 2 heterocycles. The third kappa shape index (κ3) is 1.87. The van der Waals surface area contributed by atoms with Gasteiger partial charge in [-0.15, -0.1) is 11.3 Å². The topological polar surface area (TPSA) is 29.3 Å². The van der Waals surface area contributed by atoms with Gasteiger partial charge < -0.3 is 5.32 Å². The molecule has 0 amide bonds. The van der Waals surface area contributed by atoms with Crippen molar-refractivity contribution in [3.63, 3.8) is 0 Å². The van der Waals surface area contributed by atoms with Gasteiger partial charge in [-0.1, -0.05) is 0 Å². The smallest absolute Gasteiger partial charge is 0.194 e. The van der Waals surface area contributed by atoms with Crippen LogP contribution in [-0.4, -0.2) is 15.9 Å². The van der Waals surface area contributed by atoms with E-state index in [1.165, 1.54) is 23.4 Å². The predicted molar refractivity (Wildman–Crippen MR) is 67.0 cm³/mol. The first kappa shape index (κ1) is 10.3. The summed E-state index contributed by atoms with van der Waals surface area (Å²) in [6, 6.07) is 0. The van der Waals surface area contributed by atoms with Crippen LogP contribution in [0.4, 0.5) is 0 Å². The van der Waals surface area contributed by atoms with Crippen molar-refractivity contribution in [3.8, 4) is 0 Å². The molecule has 0 spiro atoms. The van der Waals surface area contributed by atoms with Crippen LogP contribution >= 0.6 is 11.3 Å². The van der Waals surface area contributed by atoms with Crippen LogP contribution in [0.25, 0.3) is 4.96 Å². The summed E-state index contributed by atoms with van der Waals surface area (Å²) >= 11 is 1.76. The Labute approximate surface area is 99.5 Å². The van der Waals surface area contributed by atoms with Gasteiger partial charge in [0, 0.05) is 17.6 Å². The number of imidazole rings is 1. The van der Waals surface area contributed by atoms with E-state index in [1.54, 1.807) is 11.3 Å². The molecule has 1 aliphatic carbocycles. The lowest BCUT2D eigenvalue weighted by atomic mass is 10.3. The second-order valence-electron chi connectivity index (χ2n) is 4.71. The summed E-state index contributed by atoms with van der Waals surface area (Å²) in [5, 5.41) is 3.54. The quantitative estimate of drug-likeness (QED) is 0.882. The van der Waals surface area contributed by atoms with Gasteiger partial charge in [-0.25, -0.2) is 4.98 Å². The zero-order valence-electron chi connectivity index (χ0n) is 9.79. The number of hydrogen-bond acceptors (Lipinski definition) is 3. The number of fused-ring (bicyclic) bond motifs is 1. The molecule has 1 saturated carbocycles. The maximum absolute atomic E-state index is 4.59. The van der Waals surface area contributed by atoms with Crippen molar-refractivity contribution in [1.29, 1.82) is 0 Å². The Morgan fingerprint density at radius 1 is 1.50 bits per heavy atom. The summed E-state index contributed by atoms with van der Waals surface area (Å²) in [5.41, 5.74) is 2.48. The number of aromatic nitrogens is 2. The van der Waals surface area contributed by atoms with Gasteiger partial charge in [0.2, 0.25) is 0 Å². The van der Waals surface area contributed by atoms with Crippen molar-refractivity contribution >= 4 is 16.3 Å². The Morgan fingerprint density at radius 3 is 3.06 bits per heavy atom. The molecule has 0 radical (unpaired) electrons. The van der Waals surface area contributed by atoms with Crippen LogP contribution in [0.3, 0.4) is 0 Å². The molecule has 0 saturated heterocycles. The van der Waals surface area contributed by atoms with Gasteiger partial charge in [0.25, 0.3) is 0 Å². The van der Waals surface area contributed by atoms with E-state index in [0.29, 0.717) is 0 Å². The van der Waals surface area contributed by atoms with E-state index >= 15 is 0 Å². The van der Waals surface area contributed by atoms with Crippen molar-refractivity contribution < 1.29 is 0 Å². The molecule has 0 bridgehead atoms. The lowest BCUT2D eigenvalue weighted by molar-refractivity contribution is 0.626. The highest BCUT2D eigenvalue weighted by Crippen LogP contribution is 2.27. The number of aryl methyl sites for hydroxylation is 2. The van der Waals surface area contributed by atoms with E-state index in [-0.39, 0.29) is 0 Å². The maximum Gasteiger partial charge on any atom is 0.194 e. The van der Waals surface area contributed by atoms with E-state index in [2.05, 4.69) is 34.7 Å². The summed E-state index contributed by atoms with van der Waals surface area (Å²) in [6.45, 7) is 6.34. The van der Waals surface area contributed by atoms with Crippen molar-refractivity contribution in [1.82, 2.24) is 14.7 Å². The Balaban J connectivity index is 1.79. The standard InChI is InChI=1S/C12H17N3S/c1-8-7-15-11(6-13-5-10-3-4-10)9(2)14-12(15)16-8/h7,10,13H,3-6H2,1-2H3. The third-order valence-electron chi connectivity index (χ3n) is 3.16. The van der Waals surface area contributed by atoms with Gasteiger partial charge in [-0.05, 0) is 39.2 Å². The molecule has 0 aromatic carbocycles. The molecule has 0 unspecified atom stereocenters. The molecular weight excluding hydrogens is 218 g/mol. The Hall–Kier alpha value is -0.870. The van der Waals surface area contributed by atoms with Crippen LogP contribution < -0.4 is 5.32 Å². The zero-order chi connectivity index (χ0) is 11.1. The predicted octanol–water partition coefficient (Wildman–Crippen LogP) is 2.51. The molecule has 16 heavy (non-hydrogen) atoms. The molecule has 1 fully saturated rings. The molecule has 0 atom stereocenters. The highest BCUT2D eigenvalue weighted by atomic mass is 32.1. The molecule has 3 rings (SSSR count). The van der Waals surface area contributed by atoms with E-state index in [1.807, 2.05) is 0 Å². The highest BCUT2D eigenvalue weighted by molar-refractivity contribution is 7.17. The Bertz CT molecular complexity index is 508. The summed E-state index contributed by atoms with van der Waals surface area (Å²) in [5.74, 6) is 0.938. The number of thiazole rings is 1. The van der Waals surface area contributed by atoms with E-state index in [0.717, 1.165) is 29.7 Å². The van der Waals surface area contributed by atoms with Crippen LogP contribution in [-0.2, 0) is 6.54 Å². The minimum Gasteiger partial charge on any atom is -0.311 e. The molecule has 4 heteroatoms. The lowest BCUT2D eigenvalue weighted by Gasteiger charge is -2.03. The largest absolute Gasteiger partial charge is 0.311 e. The molecule has 1 aliphatic rings. The monoisotopic (exact) mass is 235 g/mol. The lowest BCUT2D eigenvalue weighted by Crippen LogP contribution is -2.17. The fraction of sp³-hybridized carbons (Fsp3) is 0.583. The molecule has 2 aromatic rings. The third-order valence-corrected chi connectivity index (χ3v) is 4.06. The Morgan fingerprint density at radius 2 is 2.31 bits per heavy atom. The van der Waals surface area contributed by atoms with Crippen LogP contribution in [0.15, 0.2) is 6.20 Å². The van der Waals surface area contributed by atoms with Gasteiger partial charge in [-0.3, -0.25) is 4.40 Å². The van der Waals surface area contributed by atoms with Gasteiger partial charge >= 0.3 is 0 Å². The normalized spacial score (nSPS) is 16.1. The molecule has 2 aromatic heterocycles. The number of nitrogens with zero attached hydrogens (tertiary/aromatic N) is 2. The molecule has 3 nitrogen and oxygen atoms in total. The van der Waals surface area contributed by atoms with Crippen molar-refractivity contribution in [2.45, 2.75) is 33.2 Å². The molecular formula is C12H17N3S. The second-order valence-corrected chi connectivity index (χ2v) is 5.93. The number of rotatable bonds is 4. The van der Waals surface area contributed by atoms with Gasteiger partial charge in [0.1, 0.15) is 0 Å². The highest BCUT2D eigenvalue weighted by Gasteiger charge is 2.20. The fourth-order valence-electron chi connectivity index (χ4n) is 2.04. The minimum atomic E-state index is 0.938. The molecule has 1 N–H and O–H groups in total.